The van der Waals surface area contributed by atoms with Crippen molar-refractivity contribution in [3.05, 3.63) is 44.4 Å². The van der Waals surface area contributed by atoms with E-state index in [0.29, 0.717) is 12.4 Å². The number of amides is 1. The van der Waals surface area contributed by atoms with Crippen molar-refractivity contribution in [1.29, 1.82) is 0 Å². The Hall–Kier alpha value is -1.47. The highest BCUT2D eigenvalue weighted by molar-refractivity contribution is 9.10. The smallest absolute Gasteiger partial charge is 0.257 e. The standard InChI is InChI=1S/C13H13BrFN3OS/c1-16-12-11(4-9(15)5-17-12)13(19)18(2)6-10-3-8(14)7-20-10/h3-5,7H,6H2,1-2H3,(H,16,17). The van der Waals surface area contributed by atoms with Crippen molar-refractivity contribution in [1.82, 2.24) is 9.88 Å². The van der Waals surface area contributed by atoms with Crippen molar-refractivity contribution in [2.24, 2.45) is 0 Å². The van der Waals surface area contributed by atoms with Gasteiger partial charge in [-0.15, -0.1) is 11.3 Å². The van der Waals surface area contributed by atoms with Crippen LogP contribution >= 0.6 is 27.3 Å². The van der Waals surface area contributed by atoms with E-state index in [1.807, 2.05) is 11.4 Å². The second kappa shape index (κ2) is 6.32. The Labute approximate surface area is 128 Å². The molecule has 106 valence electrons. The minimum absolute atomic E-state index is 0.227. The molecule has 2 aromatic rings. The monoisotopic (exact) mass is 357 g/mol. The Bertz CT molecular complexity index is 632. The third kappa shape index (κ3) is 3.34. The number of nitrogens with zero attached hydrogens (tertiary/aromatic N) is 2. The highest BCUT2D eigenvalue weighted by Gasteiger charge is 2.18. The van der Waals surface area contributed by atoms with Gasteiger partial charge in [0.2, 0.25) is 0 Å². The number of aromatic nitrogens is 1. The van der Waals surface area contributed by atoms with Gasteiger partial charge in [-0.3, -0.25) is 4.79 Å². The molecule has 2 aromatic heterocycles. The molecule has 0 saturated carbocycles. The number of rotatable bonds is 4. The fraction of sp³-hybridized carbons (Fsp3) is 0.231. The second-order valence-corrected chi connectivity index (χ2v) is 6.10. The van der Waals surface area contributed by atoms with E-state index in [1.54, 1.807) is 25.4 Å². The van der Waals surface area contributed by atoms with Crippen LogP contribution in [-0.4, -0.2) is 29.9 Å². The van der Waals surface area contributed by atoms with Gasteiger partial charge in [-0.2, -0.15) is 0 Å². The topological polar surface area (TPSA) is 45.2 Å². The van der Waals surface area contributed by atoms with Crippen LogP contribution < -0.4 is 5.32 Å². The molecule has 2 rings (SSSR count). The van der Waals surface area contributed by atoms with E-state index in [1.165, 1.54) is 11.0 Å². The highest BCUT2D eigenvalue weighted by atomic mass is 79.9. The van der Waals surface area contributed by atoms with Gasteiger partial charge in [0, 0.05) is 28.8 Å². The SMILES string of the molecule is CNc1ncc(F)cc1C(=O)N(C)Cc1cc(Br)cs1. The van der Waals surface area contributed by atoms with Crippen LogP contribution in [0, 0.1) is 5.82 Å². The molecule has 0 aliphatic heterocycles. The molecule has 1 N–H and O–H groups in total. The van der Waals surface area contributed by atoms with Gasteiger partial charge in [0.25, 0.3) is 5.91 Å². The Morgan fingerprint density at radius 2 is 2.30 bits per heavy atom. The number of carbonyl (C=O) groups excluding carboxylic acids is 1. The summed E-state index contributed by atoms with van der Waals surface area (Å²) < 4.78 is 14.3. The number of hydrogen-bond acceptors (Lipinski definition) is 4. The molecule has 0 aliphatic rings. The maximum atomic E-state index is 13.3. The van der Waals surface area contributed by atoms with Gasteiger partial charge in [0.1, 0.15) is 11.6 Å². The molecule has 0 bridgehead atoms. The van der Waals surface area contributed by atoms with Crippen LogP contribution in [0.25, 0.3) is 0 Å². The number of anilines is 1. The van der Waals surface area contributed by atoms with E-state index in [0.717, 1.165) is 15.5 Å². The van der Waals surface area contributed by atoms with Crippen molar-refractivity contribution < 1.29 is 9.18 Å². The number of pyridine rings is 1. The molecule has 0 radical (unpaired) electrons. The number of hydrogen-bond donors (Lipinski definition) is 1. The van der Waals surface area contributed by atoms with Crippen LogP contribution in [0.4, 0.5) is 10.2 Å². The number of halogens is 2. The normalized spacial score (nSPS) is 10.4. The van der Waals surface area contributed by atoms with E-state index in [4.69, 9.17) is 0 Å². The Balaban J connectivity index is 2.20. The number of carbonyl (C=O) groups is 1. The Morgan fingerprint density at radius 3 is 2.90 bits per heavy atom. The van der Waals surface area contributed by atoms with Crippen LogP contribution in [0.2, 0.25) is 0 Å². The molecule has 0 aromatic carbocycles. The first kappa shape index (κ1) is 14.9. The van der Waals surface area contributed by atoms with Crippen LogP contribution in [0.15, 0.2) is 28.2 Å². The van der Waals surface area contributed by atoms with E-state index in [9.17, 15) is 9.18 Å². The molecular formula is C13H13BrFN3OS. The third-order valence-electron chi connectivity index (χ3n) is 2.68. The average molecular weight is 358 g/mol. The molecule has 0 atom stereocenters. The van der Waals surface area contributed by atoms with Crippen molar-refractivity contribution >= 4 is 39.0 Å². The van der Waals surface area contributed by atoms with Gasteiger partial charge in [0.05, 0.1) is 18.3 Å². The molecule has 0 fully saturated rings. The number of thiophene rings is 1. The first-order chi connectivity index (χ1) is 9.51. The summed E-state index contributed by atoms with van der Waals surface area (Å²) in [7, 11) is 3.33. The summed E-state index contributed by atoms with van der Waals surface area (Å²) in [6.45, 7) is 0.467. The van der Waals surface area contributed by atoms with E-state index >= 15 is 0 Å². The fourth-order valence-corrected chi connectivity index (χ4v) is 3.25. The Kier molecular flexibility index (Phi) is 4.72. The van der Waals surface area contributed by atoms with Gasteiger partial charge < -0.3 is 10.2 Å². The van der Waals surface area contributed by atoms with Gasteiger partial charge >= 0.3 is 0 Å². The predicted molar refractivity (Wildman–Crippen MR) is 81.6 cm³/mol. The average Bonchev–Trinajstić information content (AvgIpc) is 2.83. The molecule has 0 spiro atoms. The first-order valence-corrected chi connectivity index (χ1v) is 7.50. The maximum Gasteiger partial charge on any atom is 0.257 e. The highest BCUT2D eigenvalue weighted by Crippen LogP contribution is 2.22. The minimum Gasteiger partial charge on any atom is -0.372 e. The summed E-state index contributed by atoms with van der Waals surface area (Å²) >= 11 is 4.93. The quantitative estimate of drug-likeness (QED) is 0.912. The summed E-state index contributed by atoms with van der Waals surface area (Å²) in [6.07, 6.45) is 1.08. The lowest BCUT2D eigenvalue weighted by atomic mass is 10.2. The lowest BCUT2D eigenvalue weighted by molar-refractivity contribution is 0.0786. The molecular weight excluding hydrogens is 345 g/mol. The summed E-state index contributed by atoms with van der Waals surface area (Å²) in [5, 5.41) is 4.75. The third-order valence-corrected chi connectivity index (χ3v) is 4.37. The summed E-state index contributed by atoms with van der Waals surface area (Å²) in [5.41, 5.74) is 0.227. The molecule has 20 heavy (non-hydrogen) atoms. The van der Waals surface area contributed by atoms with Crippen molar-refractivity contribution in [2.75, 3.05) is 19.4 Å². The molecule has 0 saturated heterocycles. The van der Waals surface area contributed by atoms with Gasteiger partial charge in [0.15, 0.2) is 0 Å². The number of nitrogens with one attached hydrogen (secondary N) is 1. The van der Waals surface area contributed by atoms with E-state index in [2.05, 4.69) is 26.2 Å². The van der Waals surface area contributed by atoms with Crippen molar-refractivity contribution in [3.8, 4) is 0 Å². The molecule has 7 heteroatoms. The lowest BCUT2D eigenvalue weighted by Crippen LogP contribution is -2.27. The van der Waals surface area contributed by atoms with Crippen LogP contribution in [0.5, 0.6) is 0 Å². The molecule has 4 nitrogen and oxygen atoms in total. The zero-order valence-electron chi connectivity index (χ0n) is 11.0. The minimum atomic E-state index is -0.528. The van der Waals surface area contributed by atoms with E-state index < -0.39 is 5.82 Å². The summed E-state index contributed by atoms with van der Waals surface area (Å²) in [6, 6.07) is 3.15. The molecule has 0 aliphatic carbocycles. The van der Waals surface area contributed by atoms with Gasteiger partial charge in [-0.05, 0) is 28.1 Å². The fourth-order valence-electron chi connectivity index (χ4n) is 1.75. The van der Waals surface area contributed by atoms with Crippen LogP contribution in [0.3, 0.4) is 0 Å². The predicted octanol–water partition coefficient (Wildman–Crippen LogP) is 3.36. The van der Waals surface area contributed by atoms with Crippen molar-refractivity contribution in [3.63, 3.8) is 0 Å². The lowest BCUT2D eigenvalue weighted by Gasteiger charge is -2.17. The Morgan fingerprint density at radius 1 is 1.55 bits per heavy atom. The zero-order valence-corrected chi connectivity index (χ0v) is 13.4. The van der Waals surface area contributed by atoms with Crippen LogP contribution in [0.1, 0.15) is 15.2 Å². The molecule has 1 amide bonds. The summed E-state index contributed by atoms with van der Waals surface area (Å²) in [4.78, 5) is 18.8. The van der Waals surface area contributed by atoms with E-state index in [-0.39, 0.29) is 11.5 Å². The summed E-state index contributed by atoms with van der Waals surface area (Å²) in [5.74, 6) is -0.430. The van der Waals surface area contributed by atoms with Crippen molar-refractivity contribution in [2.45, 2.75) is 6.54 Å². The van der Waals surface area contributed by atoms with Gasteiger partial charge in [-0.1, -0.05) is 0 Å². The molecule has 0 unspecified atom stereocenters. The van der Waals surface area contributed by atoms with Crippen LogP contribution in [-0.2, 0) is 6.54 Å². The second-order valence-electron chi connectivity index (χ2n) is 4.19. The maximum absolute atomic E-state index is 13.3. The largest absolute Gasteiger partial charge is 0.372 e. The molecule has 2 heterocycles. The first-order valence-electron chi connectivity index (χ1n) is 5.83. The van der Waals surface area contributed by atoms with Gasteiger partial charge in [-0.25, -0.2) is 9.37 Å². The zero-order chi connectivity index (χ0) is 14.7.